The van der Waals surface area contributed by atoms with Crippen LogP contribution in [-0.4, -0.2) is 46.4 Å². The van der Waals surface area contributed by atoms with Crippen molar-refractivity contribution < 1.29 is 17.9 Å². The average molecular weight is 451 g/mol. The van der Waals surface area contributed by atoms with Gasteiger partial charge in [0, 0.05) is 30.2 Å². The highest BCUT2D eigenvalue weighted by Crippen LogP contribution is 2.34. The number of halogens is 1. The third-order valence-corrected chi connectivity index (χ3v) is 7.10. The van der Waals surface area contributed by atoms with Gasteiger partial charge in [0.2, 0.25) is 15.9 Å². The van der Waals surface area contributed by atoms with Gasteiger partial charge in [-0.25, -0.2) is 8.42 Å². The van der Waals surface area contributed by atoms with Crippen molar-refractivity contribution in [3.05, 3.63) is 65.2 Å². The Labute approximate surface area is 183 Å². The quantitative estimate of drug-likeness (QED) is 0.701. The molecule has 30 heavy (non-hydrogen) atoms. The third-order valence-electron chi connectivity index (χ3n) is 5.61. The van der Waals surface area contributed by atoms with Crippen LogP contribution in [0.4, 0.5) is 5.69 Å². The highest BCUT2D eigenvalue weighted by atomic mass is 35.5. The van der Waals surface area contributed by atoms with Gasteiger partial charge in [0.1, 0.15) is 6.04 Å². The van der Waals surface area contributed by atoms with Crippen molar-refractivity contribution in [3.63, 3.8) is 0 Å². The summed E-state index contributed by atoms with van der Waals surface area (Å²) in [6.07, 6.45) is 2.67. The van der Waals surface area contributed by atoms with E-state index in [1.165, 1.54) is 0 Å². The number of hydrogen-bond acceptors (Lipinski definition) is 4. The summed E-state index contributed by atoms with van der Waals surface area (Å²) in [6, 6.07) is 15.6. The fourth-order valence-corrected chi connectivity index (χ4v) is 5.22. The predicted molar refractivity (Wildman–Crippen MR) is 119 cm³/mol. The molecule has 2 aromatic carbocycles. The molecule has 2 aromatic rings. The zero-order valence-electron chi connectivity index (χ0n) is 17.2. The van der Waals surface area contributed by atoms with Crippen molar-refractivity contribution in [1.82, 2.24) is 5.32 Å². The normalized spacial score (nSPS) is 17.2. The molecule has 0 aromatic heterocycles. The second-order valence-electron chi connectivity index (χ2n) is 7.69. The summed E-state index contributed by atoms with van der Waals surface area (Å²) in [5.74, 6) is -0.350. The van der Waals surface area contributed by atoms with E-state index in [1.807, 2.05) is 18.2 Å². The number of carbonyl (C=O) groups excluding carboxylic acids is 1. The Morgan fingerprint density at radius 1 is 1.13 bits per heavy atom. The van der Waals surface area contributed by atoms with Crippen LogP contribution in [0.25, 0.3) is 0 Å². The molecule has 0 saturated carbocycles. The van der Waals surface area contributed by atoms with E-state index in [1.54, 1.807) is 31.2 Å². The largest absolute Gasteiger partial charge is 0.381 e. The molecule has 1 fully saturated rings. The minimum atomic E-state index is -3.68. The van der Waals surface area contributed by atoms with Crippen LogP contribution in [0.3, 0.4) is 0 Å². The van der Waals surface area contributed by atoms with E-state index in [2.05, 4.69) is 17.4 Å². The number of anilines is 1. The van der Waals surface area contributed by atoms with Crippen LogP contribution in [0.5, 0.6) is 0 Å². The highest BCUT2D eigenvalue weighted by Gasteiger charge is 2.36. The molecule has 162 valence electrons. The number of nitrogens with zero attached hydrogens (tertiary/aromatic N) is 1. The van der Waals surface area contributed by atoms with Gasteiger partial charge in [-0.05, 0) is 49.6 Å². The fraction of sp³-hybridized carbons (Fsp3) is 0.409. The second-order valence-corrected chi connectivity index (χ2v) is 9.98. The molecule has 1 atom stereocenters. The number of ether oxygens (including phenoxy) is 1. The van der Waals surface area contributed by atoms with E-state index in [4.69, 9.17) is 16.3 Å². The molecule has 0 spiro atoms. The summed E-state index contributed by atoms with van der Waals surface area (Å²) in [6.45, 7) is 3.26. The molecule has 1 aliphatic heterocycles. The lowest BCUT2D eigenvalue weighted by atomic mass is 9.74. The third kappa shape index (κ3) is 5.14. The maximum absolute atomic E-state index is 13.0. The van der Waals surface area contributed by atoms with Crippen molar-refractivity contribution in [1.29, 1.82) is 0 Å². The molecule has 1 heterocycles. The average Bonchev–Trinajstić information content (AvgIpc) is 2.74. The highest BCUT2D eigenvalue weighted by molar-refractivity contribution is 7.92. The van der Waals surface area contributed by atoms with Crippen molar-refractivity contribution in [2.24, 2.45) is 0 Å². The number of sulfonamides is 1. The Hall–Kier alpha value is -2.09. The van der Waals surface area contributed by atoms with Crippen LogP contribution in [-0.2, 0) is 25.0 Å². The monoisotopic (exact) mass is 450 g/mol. The Bertz CT molecular complexity index is 958. The Kier molecular flexibility index (Phi) is 7.06. The topological polar surface area (TPSA) is 75.7 Å². The zero-order valence-corrected chi connectivity index (χ0v) is 18.7. The predicted octanol–water partition coefficient (Wildman–Crippen LogP) is 3.36. The molecule has 0 unspecified atom stereocenters. The van der Waals surface area contributed by atoms with Crippen molar-refractivity contribution in [2.45, 2.75) is 31.2 Å². The van der Waals surface area contributed by atoms with Crippen molar-refractivity contribution >= 4 is 33.2 Å². The van der Waals surface area contributed by atoms with Gasteiger partial charge in [-0.1, -0.05) is 41.9 Å². The standard InChI is InChI=1S/C22H27ClN2O4S/c1-17(25(30(2,27)28)20-10-8-19(23)9-11-20)21(26)24-16-22(12-14-29-15-13-22)18-6-4-3-5-7-18/h3-11,17H,12-16H2,1-2H3,(H,24,26)/t17-/m0/s1. The van der Waals surface area contributed by atoms with E-state index in [0.29, 0.717) is 30.5 Å². The van der Waals surface area contributed by atoms with Gasteiger partial charge in [-0.3, -0.25) is 9.10 Å². The van der Waals surface area contributed by atoms with Crippen LogP contribution < -0.4 is 9.62 Å². The number of amides is 1. The van der Waals surface area contributed by atoms with Gasteiger partial charge in [0.25, 0.3) is 0 Å². The number of benzene rings is 2. The molecule has 8 heteroatoms. The zero-order chi connectivity index (χ0) is 21.8. The maximum Gasteiger partial charge on any atom is 0.243 e. The lowest BCUT2D eigenvalue weighted by molar-refractivity contribution is -0.122. The van der Waals surface area contributed by atoms with Crippen LogP contribution in [0.2, 0.25) is 5.02 Å². The van der Waals surface area contributed by atoms with Gasteiger partial charge in [-0.15, -0.1) is 0 Å². The summed E-state index contributed by atoms with van der Waals surface area (Å²) in [4.78, 5) is 13.0. The minimum Gasteiger partial charge on any atom is -0.381 e. The molecule has 1 saturated heterocycles. The van der Waals surface area contributed by atoms with E-state index in [0.717, 1.165) is 29.0 Å². The second kappa shape index (κ2) is 9.37. The summed E-state index contributed by atoms with van der Waals surface area (Å²) >= 11 is 5.92. The van der Waals surface area contributed by atoms with Gasteiger partial charge in [-0.2, -0.15) is 0 Å². The SMILES string of the molecule is C[C@@H](C(=O)NCC1(c2ccccc2)CCOCC1)N(c1ccc(Cl)cc1)S(C)(=O)=O. The molecule has 3 rings (SSSR count). The number of rotatable bonds is 7. The number of carbonyl (C=O) groups is 1. The van der Waals surface area contributed by atoms with Crippen molar-refractivity contribution in [2.75, 3.05) is 30.3 Å². The molecule has 6 nitrogen and oxygen atoms in total. The lowest BCUT2D eigenvalue weighted by Gasteiger charge is -2.38. The van der Waals surface area contributed by atoms with Crippen LogP contribution in [0.15, 0.2) is 54.6 Å². The number of nitrogens with one attached hydrogen (secondary N) is 1. The molecule has 1 aliphatic rings. The summed E-state index contributed by atoms with van der Waals surface area (Å²) in [7, 11) is -3.68. The maximum atomic E-state index is 13.0. The van der Waals surface area contributed by atoms with Gasteiger partial charge in [0.15, 0.2) is 0 Å². The fourth-order valence-electron chi connectivity index (χ4n) is 3.92. The van der Waals surface area contributed by atoms with Gasteiger partial charge in [0.05, 0.1) is 11.9 Å². The first-order chi connectivity index (χ1) is 14.2. The van der Waals surface area contributed by atoms with Gasteiger partial charge < -0.3 is 10.1 Å². The first kappa shape index (κ1) is 22.6. The first-order valence-electron chi connectivity index (χ1n) is 9.89. The van der Waals surface area contributed by atoms with Crippen LogP contribution >= 0.6 is 11.6 Å². The van der Waals surface area contributed by atoms with E-state index in [9.17, 15) is 13.2 Å². The van der Waals surface area contributed by atoms with Gasteiger partial charge >= 0.3 is 0 Å². The number of hydrogen-bond donors (Lipinski definition) is 1. The molecule has 0 aliphatic carbocycles. The van der Waals surface area contributed by atoms with E-state index in [-0.39, 0.29) is 11.3 Å². The summed E-state index contributed by atoms with van der Waals surface area (Å²) in [5, 5.41) is 3.49. The minimum absolute atomic E-state index is 0.231. The summed E-state index contributed by atoms with van der Waals surface area (Å²) < 4.78 is 31.6. The molecule has 0 radical (unpaired) electrons. The summed E-state index contributed by atoms with van der Waals surface area (Å²) in [5.41, 5.74) is 1.32. The molecular formula is C22H27ClN2O4S. The first-order valence-corrected chi connectivity index (χ1v) is 12.1. The van der Waals surface area contributed by atoms with Crippen LogP contribution in [0, 0.1) is 0 Å². The lowest BCUT2D eigenvalue weighted by Crippen LogP contribution is -2.51. The Balaban J connectivity index is 1.79. The van der Waals surface area contributed by atoms with Crippen LogP contribution in [0.1, 0.15) is 25.3 Å². The molecule has 0 bridgehead atoms. The van der Waals surface area contributed by atoms with E-state index >= 15 is 0 Å². The van der Waals surface area contributed by atoms with E-state index < -0.39 is 16.1 Å². The molecular weight excluding hydrogens is 424 g/mol. The Morgan fingerprint density at radius 3 is 2.30 bits per heavy atom. The molecule has 1 amide bonds. The Morgan fingerprint density at radius 2 is 1.73 bits per heavy atom. The smallest absolute Gasteiger partial charge is 0.243 e. The van der Waals surface area contributed by atoms with Crippen molar-refractivity contribution in [3.8, 4) is 0 Å². The molecule has 1 N–H and O–H groups in total.